The first-order valence-electron chi connectivity index (χ1n) is 7.50. The van der Waals surface area contributed by atoms with E-state index in [0.717, 1.165) is 19.4 Å². The molecule has 1 aliphatic heterocycles. The van der Waals surface area contributed by atoms with Gasteiger partial charge in [-0.05, 0) is 58.1 Å². The number of para-hydroxylation sites is 1. The zero-order chi connectivity index (χ0) is 14.8. The minimum Gasteiger partial charge on any atom is -0.481 e. The van der Waals surface area contributed by atoms with Gasteiger partial charge < -0.3 is 10.0 Å². The Morgan fingerprint density at radius 2 is 2.10 bits per heavy atom. The van der Waals surface area contributed by atoms with E-state index in [1.807, 2.05) is 13.8 Å². The van der Waals surface area contributed by atoms with Crippen molar-refractivity contribution in [1.82, 2.24) is 0 Å². The van der Waals surface area contributed by atoms with Crippen LogP contribution in [-0.2, 0) is 11.2 Å². The van der Waals surface area contributed by atoms with Gasteiger partial charge in [-0.2, -0.15) is 0 Å². The molecule has 0 bridgehead atoms. The first kappa shape index (κ1) is 14.9. The number of hydrogen-bond donors (Lipinski definition) is 1. The van der Waals surface area contributed by atoms with E-state index in [1.54, 1.807) is 0 Å². The zero-order valence-electron chi connectivity index (χ0n) is 12.7. The van der Waals surface area contributed by atoms with E-state index in [1.165, 1.54) is 17.7 Å². The molecule has 0 aromatic heterocycles. The van der Waals surface area contributed by atoms with Gasteiger partial charge in [-0.15, -0.1) is 0 Å². The molecule has 0 spiro atoms. The lowest BCUT2D eigenvalue weighted by atomic mass is 9.87. The number of hydrogen-bond acceptors (Lipinski definition) is 2. The topological polar surface area (TPSA) is 40.5 Å². The number of rotatable bonds is 5. The SMILES string of the molecule is CC1CCc2ccccc2N1CCCC(C)(C)C(=O)O. The standard InChI is InChI=1S/C17H25NO2/c1-13-9-10-14-7-4-5-8-15(14)18(13)12-6-11-17(2,3)16(19)20/h4-5,7-8,13H,6,9-12H2,1-3H3,(H,19,20). The predicted octanol–water partition coefficient (Wildman–Crippen LogP) is 3.72. The summed E-state index contributed by atoms with van der Waals surface area (Å²) in [6.07, 6.45) is 3.96. The van der Waals surface area contributed by atoms with Crippen molar-refractivity contribution in [2.75, 3.05) is 11.4 Å². The van der Waals surface area contributed by atoms with Crippen LogP contribution >= 0.6 is 0 Å². The Morgan fingerprint density at radius 3 is 2.80 bits per heavy atom. The molecular formula is C17H25NO2. The van der Waals surface area contributed by atoms with Crippen molar-refractivity contribution in [1.29, 1.82) is 0 Å². The van der Waals surface area contributed by atoms with E-state index in [9.17, 15) is 9.90 Å². The van der Waals surface area contributed by atoms with Gasteiger partial charge in [0.25, 0.3) is 0 Å². The van der Waals surface area contributed by atoms with Gasteiger partial charge in [0.15, 0.2) is 0 Å². The van der Waals surface area contributed by atoms with E-state index in [4.69, 9.17) is 0 Å². The number of aliphatic carboxylic acids is 1. The van der Waals surface area contributed by atoms with Crippen molar-refractivity contribution in [2.45, 2.75) is 52.5 Å². The summed E-state index contributed by atoms with van der Waals surface area (Å²) >= 11 is 0. The second kappa shape index (κ2) is 5.86. The van der Waals surface area contributed by atoms with Crippen LogP contribution in [-0.4, -0.2) is 23.7 Å². The highest BCUT2D eigenvalue weighted by Gasteiger charge is 2.28. The third-order valence-electron chi connectivity index (χ3n) is 4.44. The highest BCUT2D eigenvalue weighted by Crippen LogP contribution is 2.31. The Morgan fingerprint density at radius 1 is 1.40 bits per heavy atom. The van der Waals surface area contributed by atoms with Gasteiger partial charge in [0.05, 0.1) is 5.41 Å². The maximum Gasteiger partial charge on any atom is 0.309 e. The van der Waals surface area contributed by atoms with Crippen molar-refractivity contribution in [3.63, 3.8) is 0 Å². The summed E-state index contributed by atoms with van der Waals surface area (Å²) in [6, 6.07) is 9.12. The van der Waals surface area contributed by atoms with Crippen LogP contribution in [0.3, 0.4) is 0 Å². The minimum absolute atomic E-state index is 0.540. The van der Waals surface area contributed by atoms with E-state index in [2.05, 4.69) is 36.1 Å². The van der Waals surface area contributed by atoms with Crippen molar-refractivity contribution >= 4 is 11.7 Å². The molecule has 0 radical (unpaired) electrons. The summed E-state index contributed by atoms with van der Waals surface area (Å²) in [5, 5.41) is 9.17. The second-order valence-corrected chi connectivity index (χ2v) is 6.50. The van der Waals surface area contributed by atoms with Gasteiger partial charge >= 0.3 is 5.97 Å². The van der Waals surface area contributed by atoms with Crippen molar-refractivity contribution in [3.05, 3.63) is 29.8 Å². The summed E-state index contributed by atoms with van der Waals surface area (Å²) < 4.78 is 0. The molecular weight excluding hydrogens is 250 g/mol. The first-order chi connectivity index (χ1) is 9.42. The van der Waals surface area contributed by atoms with E-state index in [0.29, 0.717) is 12.5 Å². The van der Waals surface area contributed by atoms with Gasteiger partial charge in [0, 0.05) is 18.3 Å². The number of benzene rings is 1. The monoisotopic (exact) mass is 275 g/mol. The van der Waals surface area contributed by atoms with Crippen LogP contribution in [0.2, 0.25) is 0 Å². The molecule has 1 aromatic rings. The van der Waals surface area contributed by atoms with Crippen LogP contribution < -0.4 is 4.90 Å². The first-order valence-corrected chi connectivity index (χ1v) is 7.50. The summed E-state index contributed by atoms with van der Waals surface area (Å²) in [5.74, 6) is -0.704. The third kappa shape index (κ3) is 3.14. The molecule has 0 aliphatic carbocycles. The zero-order valence-corrected chi connectivity index (χ0v) is 12.7. The van der Waals surface area contributed by atoms with Crippen LogP contribution in [0.1, 0.15) is 45.6 Å². The fourth-order valence-electron chi connectivity index (χ4n) is 2.90. The quantitative estimate of drug-likeness (QED) is 0.890. The van der Waals surface area contributed by atoms with Gasteiger partial charge in [0.2, 0.25) is 0 Å². The lowest BCUT2D eigenvalue weighted by Gasteiger charge is -2.37. The van der Waals surface area contributed by atoms with Crippen LogP contribution in [0.15, 0.2) is 24.3 Å². The maximum absolute atomic E-state index is 11.2. The fourth-order valence-corrected chi connectivity index (χ4v) is 2.90. The lowest BCUT2D eigenvalue weighted by molar-refractivity contribution is -0.147. The maximum atomic E-state index is 11.2. The number of anilines is 1. The number of carbonyl (C=O) groups is 1. The van der Waals surface area contributed by atoms with Crippen LogP contribution in [0.4, 0.5) is 5.69 Å². The highest BCUT2D eigenvalue weighted by molar-refractivity contribution is 5.73. The third-order valence-corrected chi connectivity index (χ3v) is 4.44. The molecule has 110 valence electrons. The molecule has 0 saturated heterocycles. The number of aryl methyl sites for hydroxylation is 1. The van der Waals surface area contributed by atoms with E-state index in [-0.39, 0.29) is 0 Å². The molecule has 0 amide bonds. The molecule has 1 unspecified atom stereocenters. The Bertz CT molecular complexity index is 482. The molecule has 1 aromatic carbocycles. The Labute approximate surface area is 121 Å². The average molecular weight is 275 g/mol. The average Bonchev–Trinajstić information content (AvgIpc) is 2.41. The Hall–Kier alpha value is -1.51. The largest absolute Gasteiger partial charge is 0.481 e. The van der Waals surface area contributed by atoms with Gasteiger partial charge in [-0.25, -0.2) is 0 Å². The molecule has 2 rings (SSSR count). The lowest BCUT2D eigenvalue weighted by Crippen LogP contribution is -2.38. The number of carboxylic acid groups (broad SMARTS) is 1. The molecule has 1 atom stereocenters. The molecule has 20 heavy (non-hydrogen) atoms. The predicted molar refractivity (Wildman–Crippen MR) is 82.2 cm³/mol. The molecule has 1 heterocycles. The van der Waals surface area contributed by atoms with Gasteiger partial charge in [-0.1, -0.05) is 18.2 Å². The van der Waals surface area contributed by atoms with Crippen molar-refractivity contribution < 1.29 is 9.90 Å². The van der Waals surface area contributed by atoms with Crippen LogP contribution in [0, 0.1) is 5.41 Å². The normalized spacial score (nSPS) is 18.8. The van der Waals surface area contributed by atoms with E-state index >= 15 is 0 Å². The summed E-state index contributed by atoms with van der Waals surface area (Å²) in [6.45, 7) is 6.82. The van der Waals surface area contributed by atoms with Gasteiger partial charge in [0.1, 0.15) is 0 Å². The smallest absolute Gasteiger partial charge is 0.309 e. The number of nitrogens with zero attached hydrogens (tertiary/aromatic N) is 1. The summed E-state index contributed by atoms with van der Waals surface area (Å²) in [7, 11) is 0. The summed E-state index contributed by atoms with van der Waals surface area (Å²) in [5.41, 5.74) is 2.13. The van der Waals surface area contributed by atoms with Crippen LogP contribution in [0.25, 0.3) is 0 Å². The van der Waals surface area contributed by atoms with E-state index < -0.39 is 11.4 Å². The molecule has 3 nitrogen and oxygen atoms in total. The van der Waals surface area contributed by atoms with Crippen molar-refractivity contribution in [2.24, 2.45) is 5.41 Å². The van der Waals surface area contributed by atoms with Crippen LogP contribution in [0.5, 0.6) is 0 Å². The minimum atomic E-state index is -0.704. The van der Waals surface area contributed by atoms with Gasteiger partial charge in [-0.3, -0.25) is 4.79 Å². The molecule has 0 saturated carbocycles. The molecule has 1 N–H and O–H groups in total. The Kier molecular flexibility index (Phi) is 4.36. The number of fused-ring (bicyclic) bond motifs is 1. The number of carboxylic acids is 1. The Balaban J connectivity index is 2.01. The fraction of sp³-hybridized carbons (Fsp3) is 0.588. The van der Waals surface area contributed by atoms with Crippen molar-refractivity contribution in [3.8, 4) is 0 Å². The molecule has 1 aliphatic rings. The second-order valence-electron chi connectivity index (χ2n) is 6.50. The highest BCUT2D eigenvalue weighted by atomic mass is 16.4. The molecule has 3 heteroatoms. The molecule has 0 fully saturated rings. The summed E-state index contributed by atoms with van der Waals surface area (Å²) in [4.78, 5) is 13.6.